The van der Waals surface area contributed by atoms with E-state index in [0.717, 1.165) is 43.9 Å². The Kier molecular flexibility index (Phi) is 12.3. The van der Waals surface area contributed by atoms with Gasteiger partial charge in [0.05, 0.1) is 19.3 Å². The molecule has 0 bridgehead atoms. The Balaban J connectivity index is 1.72. The number of amides is 2. The number of nitrogens with zero attached hydrogens (tertiary/aromatic N) is 2. The van der Waals surface area contributed by atoms with Crippen LogP contribution in [0.5, 0.6) is 0 Å². The summed E-state index contributed by atoms with van der Waals surface area (Å²) in [6, 6.07) is -1.28. The summed E-state index contributed by atoms with van der Waals surface area (Å²) < 4.78 is 5.25. The number of ether oxygens (including phenoxy) is 1. The molecule has 0 aromatic rings. The molecular formula is C23H37N3O8S. The van der Waals surface area contributed by atoms with Gasteiger partial charge >= 0.3 is 5.97 Å². The molecule has 12 heteroatoms. The Labute approximate surface area is 210 Å². The highest BCUT2D eigenvalue weighted by Gasteiger charge is 2.37. The average Bonchev–Trinajstić information content (AvgIpc) is 3.34. The molecule has 1 aliphatic heterocycles. The van der Waals surface area contributed by atoms with Gasteiger partial charge in [-0.05, 0) is 45.4 Å². The molecule has 198 valence electrons. The van der Waals surface area contributed by atoms with Crippen LogP contribution in [-0.4, -0.2) is 70.5 Å². The zero-order valence-corrected chi connectivity index (χ0v) is 21.4. The van der Waals surface area contributed by atoms with Crippen molar-refractivity contribution < 1.29 is 33.8 Å². The molecule has 0 radical (unpaired) electrons. The summed E-state index contributed by atoms with van der Waals surface area (Å²) in [6.45, 7) is 3.88. The fraction of sp³-hybridized carbons (Fsp3) is 0.826. The summed E-state index contributed by atoms with van der Waals surface area (Å²) in [5.41, 5.74) is 0. The maximum atomic E-state index is 12.9. The Bertz CT molecular complexity index is 759. The number of carbonyl (C=O) groups is 4. The first kappa shape index (κ1) is 28.9. The van der Waals surface area contributed by atoms with Gasteiger partial charge in [-0.25, -0.2) is 4.79 Å². The molecule has 3 unspecified atom stereocenters. The minimum atomic E-state index is -0.866. The van der Waals surface area contributed by atoms with Crippen molar-refractivity contribution in [3.8, 4) is 0 Å². The van der Waals surface area contributed by atoms with Gasteiger partial charge in [-0.1, -0.05) is 37.9 Å². The molecule has 35 heavy (non-hydrogen) atoms. The summed E-state index contributed by atoms with van der Waals surface area (Å²) in [7, 11) is 0. The molecule has 2 aliphatic rings. The van der Waals surface area contributed by atoms with E-state index in [-0.39, 0.29) is 41.8 Å². The molecule has 11 nitrogen and oxygen atoms in total. The first-order valence-corrected chi connectivity index (χ1v) is 13.4. The van der Waals surface area contributed by atoms with E-state index in [4.69, 9.17) is 4.74 Å². The van der Waals surface area contributed by atoms with Crippen LogP contribution in [0.4, 0.5) is 0 Å². The van der Waals surface area contributed by atoms with E-state index in [1.165, 1.54) is 4.90 Å². The lowest BCUT2D eigenvalue weighted by Gasteiger charge is -2.26. The summed E-state index contributed by atoms with van der Waals surface area (Å²) in [4.78, 5) is 66.1. The van der Waals surface area contributed by atoms with Crippen molar-refractivity contribution in [3.63, 3.8) is 0 Å². The van der Waals surface area contributed by atoms with Crippen LogP contribution in [0.3, 0.4) is 0 Å². The van der Waals surface area contributed by atoms with Gasteiger partial charge in [0, 0.05) is 24.1 Å². The highest BCUT2D eigenvalue weighted by atomic mass is 32.2. The second-order valence-electron chi connectivity index (χ2n) is 9.22. The van der Waals surface area contributed by atoms with E-state index in [0.29, 0.717) is 32.2 Å². The molecule has 0 spiro atoms. The number of thioether (sulfide) groups is 1. The Morgan fingerprint density at radius 3 is 2.43 bits per heavy atom. The standard InChI is InChI=1S/C23H37N3O8S/c1-16(15-35-23(30)17(2)24-20(27)18-9-4-3-5-10-18)21(28)25-12-8-11-19(25)22(29)33-13-6-7-14-34-26(31)32/h16-19H,3-15H2,1-2H3,(H,24,27). The first-order valence-electron chi connectivity index (χ1n) is 12.4. The van der Waals surface area contributed by atoms with Gasteiger partial charge in [0.25, 0.3) is 5.09 Å². The fourth-order valence-corrected chi connectivity index (χ4v) is 5.19. The predicted molar refractivity (Wildman–Crippen MR) is 129 cm³/mol. The third-order valence-electron chi connectivity index (χ3n) is 6.37. The molecule has 0 aromatic heterocycles. The van der Waals surface area contributed by atoms with Crippen LogP contribution in [0.25, 0.3) is 0 Å². The van der Waals surface area contributed by atoms with Crippen molar-refractivity contribution in [1.82, 2.24) is 10.2 Å². The van der Waals surface area contributed by atoms with Gasteiger partial charge in [0.1, 0.15) is 6.04 Å². The van der Waals surface area contributed by atoms with Crippen LogP contribution >= 0.6 is 11.8 Å². The van der Waals surface area contributed by atoms with Crippen LogP contribution < -0.4 is 5.32 Å². The largest absolute Gasteiger partial charge is 0.464 e. The number of hydrogen-bond donors (Lipinski definition) is 1. The van der Waals surface area contributed by atoms with Crippen molar-refractivity contribution >= 4 is 34.7 Å². The molecule has 1 N–H and O–H groups in total. The summed E-state index contributed by atoms with van der Waals surface area (Å²) in [5, 5.41) is 11.9. The number of unbranched alkanes of at least 4 members (excludes halogenated alkanes) is 1. The molecule has 2 fully saturated rings. The van der Waals surface area contributed by atoms with Crippen molar-refractivity contribution in [2.24, 2.45) is 11.8 Å². The number of likely N-dealkylation sites (tertiary alicyclic amines) is 1. The SMILES string of the molecule is CC(CSC(=O)C(C)NC(=O)C1CCCCC1)C(=O)N1CCCC1C(=O)OCCCCO[N+](=O)[O-]. The molecule has 2 rings (SSSR count). The summed E-state index contributed by atoms with van der Waals surface area (Å²) >= 11 is 1.02. The van der Waals surface area contributed by atoms with Crippen LogP contribution in [-0.2, 0) is 28.8 Å². The molecule has 3 atom stereocenters. The Morgan fingerprint density at radius 1 is 1.06 bits per heavy atom. The average molecular weight is 516 g/mol. The van der Waals surface area contributed by atoms with Crippen molar-refractivity contribution in [1.29, 1.82) is 0 Å². The van der Waals surface area contributed by atoms with E-state index in [9.17, 15) is 29.3 Å². The predicted octanol–water partition coefficient (Wildman–Crippen LogP) is 2.49. The van der Waals surface area contributed by atoms with E-state index in [1.807, 2.05) is 0 Å². The molecule has 1 heterocycles. The third-order valence-corrected chi connectivity index (χ3v) is 7.68. The van der Waals surface area contributed by atoms with Gasteiger partial charge in [-0.15, -0.1) is 10.1 Å². The Hall–Kier alpha value is -2.37. The maximum Gasteiger partial charge on any atom is 0.328 e. The normalized spacial score (nSPS) is 20.1. The summed E-state index contributed by atoms with van der Waals surface area (Å²) in [6.07, 6.45) is 6.95. The van der Waals surface area contributed by atoms with Crippen molar-refractivity contribution in [3.05, 3.63) is 10.1 Å². The summed E-state index contributed by atoms with van der Waals surface area (Å²) in [5.74, 6) is -0.998. The molecule has 1 saturated carbocycles. The maximum absolute atomic E-state index is 12.9. The second-order valence-corrected chi connectivity index (χ2v) is 10.2. The van der Waals surface area contributed by atoms with Gasteiger partial charge in [-0.2, -0.15) is 0 Å². The number of esters is 1. The van der Waals surface area contributed by atoms with Crippen LogP contribution in [0.15, 0.2) is 0 Å². The number of nitrogens with one attached hydrogen (secondary N) is 1. The van der Waals surface area contributed by atoms with E-state index < -0.39 is 29.1 Å². The smallest absolute Gasteiger partial charge is 0.328 e. The number of carbonyl (C=O) groups excluding carboxylic acids is 4. The van der Waals surface area contributed by atoms with Crippen LogP contribution in [0.2, 0.25) is 0 Å². The highest BCUT2D eigenvalue weighted by molar-refractivity contribution is 8.13. The zero-order valence-electron chi connectivity index (χ0n) is 20.6. The second kappa shape index (κ2) is 14.9. The highest BCUT2D eigenvalue weighted by Crippen LogP contribution is 2.25. The molecule has 1 aliphatic carbocycles. The third kappa shape index (κ3) is 9.65. The quantitative estimate of drug-likeness (QED) is 0.169. The number of rotatable bonds is 13. The van der Waals surface area contributed by atoms with E-state index >= 15 is 0 Å². The van der Waals surface area contributed by atoms with Crippen molar-refractivity contribution in [2.45, 2.75) is 83.7 Å². The minimum Gasteiger partial charge on any atom is -0.464 e. The van der Waals surface area contributed by atoms with Crippen LogP contribution in [0, 0.1) is 22.0 Å². The Morgan fingerprint density at radius 2 is 1.74 bits per heavy atom. The van der Waals surface area contributed by atoms with E-state index in [2.05, 4.69) is 10.2 Å². The van der Waals surface area contributed by atoms with Gasteiger partial charge < -0.3 is 19.8 Å². The van der Waals surface area contributed by atoms with Crippen LogP contribution in [0.1, 0.15) is 71.6 Å². The lowest BCUT2D eigenvalue weighted by atomic mass is 9.88. The minimum absolute atomic E-state index is 0.0225. The first-order chi connectivity index (χ1) is 16.7. The van der Waals surface area contributed by atoms with Gasteiger partial charge in [0.15, 0.2) is 0 Å². The topological polar surface area (TPSA) is 145 Å². The fourth-order valence-electron chi connectivity index (χ4n) is 4.33. The lowest BCUT2D eigenvalue weighted by molar-refractivity contribution is -0.757. The number of hydrogen-bond acceptors (Lipinski definition) is 9. The molecular weight excluding hydrogens is 478 g/mol. The van der Waals surface area contributed by atoms with Crippen molar-refractivity contribution in [2.75, 3.05) is 25.5 Å². The molecule has 1 saturated heterocycles. The van der Waals surface area contributed by atoms with Gasteiger partial charge in [-0.3, -0.25) is 14.4 Å². The molecule has 2 amide bonds. The monoisotopic (exact) mass is 515 g/mol. The molecule has 0 aromatic carbocycles. The zero-order chi connectivity index (χ0) is 25.8. The van der Waals surface area contributed by atoms with E-state index in [1.54, 1.807) is 13.8 Å². The lowest BCUT2D eigenvalue weighted by Crippen LogP contribution is -2.44. The van der Waals surface area contributed by atoms with Gasteiger partial charge in [0.2, 0.25) is 16.9 Å².